The van der Waals surface area contributed by atoms with E-state index < -0.39 is 11.7 Å². The fourth-order valence-electron chi connectivity index (χ4n) is 3.06. The lowest BCUT2D eigenvalue weighted by atomic mass is 10.0. The Hall–Kier alpha value is -2.09. The largest absolute Gasteiger partial charge is 0.416 e. The number of hydrazone groups is 1. The Balaban J connectivity index is 2.08. The van der Waals surface area contributed by atoms with E-state index in [4.69, 9.17) is 0 Å². The van der Waals surface area contributed by atoms with Crippen molar-refractivity contribution >= 4 is 17.4 Å². The highest BCUT2D eigenvalue weighted by Gasteiger charge is 2.35. The van der Waals surface area contributed by atoms with Crippen LogP contribution in [0.15, 0.2) is 28.3 Å². The third kappa shape index (κ3) is 3.63. The molecule has 1 fully saturated rings. The first-order valence-corrected chi connectivity index (χ1v) is 8.34. The van der Waals surface area contributed by atoms with Gasteiger partial charge < -0.3 is 10.2 Å². The van der Waals surface area contributed by atoms with Crippen molar-refractivity contribution < 1.29 is 13.2 Å². The zero-order valence-electron chi connectivity index (χ0n) is 14.6. The maximum Gasteiger partial charge on any atom is 0.416 e. The molecule has 1 unspecified atom stereocenters. The van der Waals surface area contributed by atoms with Gasteiger partial charge in [0.1, 0.15) is 0 Å². The van der Waals surface area contributed by atoms with Crippen LogP contribution in [0.2, 0.25) is 0 Å². The van der Waals surface area contributed by atoms with Gasteiger partial charge in [0.2, 0.25) is 5.96 Å². The number of nitrogens with one attached hydrogen (secondary N) is 1. The normalized spacial score (nSPS) is 20.9. The second-order valence-corrected chi connectivity index (χ2v) is 6.49. The van der Waals surface area contributed by atoms with Gasteiger partial charge in [-0.25, -0.2) is 10.0 Å². The lowest BCUT2D eigenvalue weighted by Gasteiger charge is -2.40. The molecule has 2 heterocycles. The van der Waals surface area contributed by atoms with Crippen LogP contribution in [0.4, 0.5) is 18.9 Å². The van der Waals surface area contributed by atoms with Crippen LogP contribution in [0.3, 0.4) is 0 Å². The summed E-state index contributed by atoms with van der Waals surface area (Å²) in [5, 5.41) is 9.66. The van der Waals surface area contributed by atoms with Crippen LogP contribution in [0, 0.1) is 0 Å². The van der Waals surface area contributed by atoms with Crippen molar-refractivity contribution in [2.24, 2.45) is 10.1 Å². The predicted octanol–water partition coefficient (Wildman–Crippen LogP) is 3.37. The summed E-state index contributed by atoms with van der Waals surface area (Å²) in [4.78, 5) is 6.63. The minimum Gasteiger partial charge on any atom is -0.338 e. The third-order valence-corrected chi connectivity index (χ3v) is 4.31. The van der Waals surface area contributed by atoms with Gasteiger partial charge in [-0.1, -0.05) is 6.07 Å². The Kier molecular flexibility index (Phi) is 4.73. The summed E-state index contributed by atoms with van der Waals surface area (Å²) < 4.78 is 39.2. The SMILES string of the molecule is CC(C)=NN1C(N2CCNCC2)=Nc2cc(C(F)(F)F)ccc2C1C. The van der Waals surface area contributed by atoms with Gasteiger partial charge in [-0.2, -0.15) is 18.3 Å². The van der Waals surface area contributed by atoms with Gasteiger partial charge in [0, 0.05) is 37.5 Å². The van der Waals surface area contributed by atoms with Gasteiger partial charge in [0.05, 0.1) is 17.3 Å². The topological polar surface area (TPSA) is 43.2 Å². The zero-order valence-corrected chi connectivity index (χ0v) is 14.6. The van der Waals surface area contributed by atoms with Crippen LogP contribution < -0.4 is 5.32 Å². The molecule has 0 amide bonds. The molecule has 0 aliphatic carbocycles. The van der Waals surface area contributed by atoms with Gasteiger partial charge in [0.15, 0.2) is 0 Å². The standard InChI is InChI=1S/C17H22F3N5/c1-11(2)23-25-12(3)14-5-4-13(17(18,19)20)10-15(14)22-16(25)24-8-6-21-7-9-24/h4-5,10,12,21H,6-9H2,1-3H3. The first kappa shape index (κ1) is 17.7. The van der Waals surface area contributed by atoms with Crippen molar-refractivity contribution in [1.82, 2.24) is 15.2 Å². The Bertz CT molecular complexity index is 701. The summed E-state index contributed by atoms with van der Waals surface area (Å²) in [6, 6.07) is 3.57. The van der Waals surface area contributed by atoms with E-state index >= 15 is 0 Å². The smallest absolute Gasteiger partial charge is 0.338 e. The molecule has 136 valence electrons. The van der Waals surface area contributed by atoms with Crippen molar-refractivity contribution in [2.45, 2.75) is 33.0 Å². The van der Waals surface area contributed by atoms with E-state index in [2.05, 4.69) is 20.3 Å². The van der Waals surface area contributed by atoms with Gasteiger partial charge in [-0.3, -0.25) is 0 Å². The van der Waals surface area contributed by atoms with E-state index in [-0.39, 0.29) is 6.04 Å². The Morgan fingerprint density at radius 3 is 2.52 bits per heavy atom. The average molecular weight is 353 g/mol. The lowest BCUT2D eigenvalue weighted by Crippen LogP contribution is -2.52. The highest BCUT2D eigenvalue weighted by atomic mass is 19.4. The second-order valence-electron chi connectivity index (χ2n) is 6.49. The van der Waals surface area contributed by atoms with Crippen LogP contribution in [-0.2, 0) is 6.18 Å². The fraction of sp³-hybridized carbons (Fsp3) is 0.529. The van der Waals surface area contributed by atoms with Crippen molar-refractivity contribution in [1.29, 1.82) is 0 Å². The summed E-state index contributed by atoms with van der Waals surface area (Å²) in [7, 11) is 0. The number of hydrogen-bond acceptors (Lipinski definition) is 5. The first-order chi connectivity index (χ1) is 11.8. The van der Waals surface area contributed by atoms with Gasteiger partial charge in [-0.15, -0.1) is 0 Å². The highest BCUT2D eigenvalue weighted by Crippen LogP contribution is 2.39. The average Bonchev–Trinajstić information content (AvgIpc) is 2.56. The van der Waals surface area contributed by atoms with Crippen molar-refractivity contribution in [3.63, 3.8) is 0 Å². The Morgan fingerprint density at radius 1 is 1.24 bits per heavy atom. The molecule has 3 rings (SSSR count). The number of benzene rings is 1. The molecule has 0 spiro atoms. The van der Waals surface area contributed by atoms with Gasteiger partial charge in [0.25, 0.3) is 0 Å². The molecule has 1 aromatic carbocycles. The summed E-state index contributed by atoms with van der Waals surface area (Å²) in [5.41, 5.74) is 1.31. The quantitative estimate of drug-likeness (QED) is 0.787. The second kappa shape index (κ2) is 6.67. The van der Waals surface area contributed by atoms with Crippen LogP contribution in [0.5, 0.6) is 0 Å². The molecule has 0 aromatic heterocycles. The molecule has 2 aliphatic rings. The molecule has 1 N–H and O–H groups in total. The number of nitrogens with zero attached hydrogens (tertiary/aromatic N) is 4. The van der Waals surface area contributed by atoms with E-state index in [9.17, 15) is 13.2 Å². The molecule has 1 aromatic rings. The summed E-state index contributed by atoms with van der Waals surface area (Å²) in [6.07, 6.45) is -4.38. The molecule has 2 aliphatic heterocycles. The maximum absolute atomic E-state index is 13.1. The summed E-state index contributed by atoms with van der Waals surface area (Å²) in [6.45, 7) is 8.84. The number of hydrogen-bond donors (Lipinski definition) is 1. The molecule has 8 heteroatoms. The monoisotopic (exact) mass is 353 g/mol. The molecular weight excluding hydrogens is 331 g/mol. The van der Waals surface area contributed by atoms with Crippen LogP contribution in [-0.4, -0.2) is 47.8 Å². The number of halogens is 3. The van der Waals surface area contributed by atoms with Gasteiger partial charge >= 0.3 is 6.18 Å². The zero-order chi connectivity index (χ0) is 18.2. The number of rotatable bonds is 1. The maximum atomic E-state index is 13.1. The molecule has 25 heavy (non-hydrogen) atoms. The number of aliphatic imine (C=N–C) groups is 1. The van der Waals surface area contributed by atoms with Crippen molar-refractivity contribution in [3.8, 4) is 0 Å². The van der Waals surface area contributed by atoms with Crippen LogP contribution in [0.1, 0.15) is 37.9 Å². The molecule has 1 atom stereocenters. The van der Waals surface area contributed by atoms with E-state index in [1.54, 1.807) is 0 Å². The molecule has 0 saturated carbocycles. The summed E-state index contributed by atoms with van der Waals surface area (Å²) in [5.74, 6) is 0.613. The van der Waals surface area contributed by atoms with E-state index in [0.717, 1.165) is 49.6 Å². The number of guanidine groups is 1. The minimum absolute atomic E-state index is 0.186. The highest BCUT2D eigenvalue weighted by molar-refractivity contribution is 5.88. The predicted molar refractivity (Wildman–Crippen MR) is 92.0 cm³/mol. The van der Waals surface area contributed by atoms with E-state index in [0.29, 0.717) is 11.6 Å². The number of alkyl halides is 3. The first-order valence-electron chi connectivity index (χ1n) is 8.34. The third-order valence-electron chi connectivity index (χ3n) is 4.31. The molecule has 0 bridgehead atoms. The number of piperazine rings is 1. The Labute approximate surface area is 145 Å². The van der Waals surface area contributed by atoms with Crippen molar-refractivity contribution in [3.05, 3.63) is 29.3 Å². The minimum atomic E-state index is -4.38. The molecule has 5 nitrogen and oxygen atoms in total. The fourth-order valence-corrected chi connectivity index (χ4v) is 3.06. The van der Waals surface area contributed by atoms with Crippen molar-refractivity contribution in [2.75, 3.05) is 26.2 Å². The Morgan fingerprint density at radius 2 is 1.92 bits per heavy atom. The van der Waals surface area contributed by atoms with Crippen LogP contribution >= 0.6 is 0 Å². The van der Waals surface area contributed by atoms with E-state index in [1.165, 1.54) is 6.07 Å². The van der Waals surface area contributed by atoms with E-state index in [1.807, 2.05) is 25.8 Å². The molecule has 1 saturated heterocycles. The lowest BCUT2D eigenvalue weighted by molar-refractivity contribution is -0.137. The van der Waals surface area contributed by atoms with Gasteiger partial charge in [-0.05, 0) is 32.9 Å². The molecule has 0 radical (unpaired) electrons. The summed E-state index contributed by atoms with van der Waals surface area (Å²) >= 11 is 0. The number of fused-ring (bicyclic) bond motifs is 1. The van der Waals surface area contributed by atoms with Crippen LogP contribution in [0.25, 0.3) is 0 Å². The molecular formula is C17H22F3N5.